The molecule has 3 fully saturated rings. The van der Waals surface area contributed by atoms with Crippen LogP contribution in [0.2, 0.25) is 5.02 Å². The van der Waals surface area contributed by atoms with Crippen LogP contribution in [-0.2, 0) is 17.8 Å². The number of aliphatic carboxylic acids is 1. The number of carboxylic acids is 1. The summed E-state index contributed by atoms with van der Waals surface area (Å²) >= 11 is 6.09. The fourth-order valence-corrected chi connectivity index (χ4v) is 8.54. The molecule has 2 aliphatic heterocycles. The van der Waals surface area contributed by atoms with Crippen molar-refractivity contribution in [2.45, 2.75) is 89.6 Å². The Balaban J connectivity index is 1.13. The quantitative estimate of drug-likeness (QED) is 0.257. The van der Waals surface area contributed by atoms with Crippen LogP contribution < -0.4 is 0 Å². The van der Waals surface area contributed by atoms with Gasteiger partial charge >= 0.3 is 5.97 Å². The summed E-state index contributed by atoms with van der Waals surface area (Å²) in [5.41, 5.74) is 6.40. The first-order chi connectivity index (χ1) is 21.4. The lowest BCUT2D eigenvalue weighted by Gasteiger charge is -2.35. The zero-order valence-electron chi connectivity index (χ0n) is 26.5. The van der Waals surface area contributed by atoms with Gasteiger partial charge in [0.25, 0.3) is 0 Å². The van der Waals surface area contributed by atoms with E-state index in [0.29, 0.717) is 17.8 Å². The second kappa shape index (κ2) is 14.2. The number of nitrogens with zero attached hydrogens (tertiary/aromatic N) is 4. The number of benzene rings is 2. The fraction of sp³-hybridized carbons (Fsp3) is 0.568. The lowest BCUT2D eigenvalue weighted by atomic mass is 9.83. The first kappa shape index (κ1) is 31.3. The highest BCUT2D eigenvalue weighted by atomic mass is 35.5. The molecule has 1 N–H and O–H groups in total. The average Bonchev–Trinajstić information content (AvgIpc) is 3.63. The second-order valence-corrected chi connectivity index (χ2v) is 14.1. The van der Waals surface area contributed by atoms with Gasteiger partial charge in [0.15, 0.2) is 0 Å². The van der Waals surface area contributed by atoms with Gasteiger partial charge in [-0.05, 0) is 93.8 Å². The highest BCUT2D eigenvalue weighted by Crippen LogP contribution is 2.39. The van der Waals surface area contributed by atoms with Crippen LogP contribution >= 0.6 is 11.6 Å². The molecule has 7 heteroatoms. The van der Waals surface area contributed by atoms with E-state index in [0.717, 1.165) is 82.1 Å². The van der Waals surface area contributed by atoms with Crippen LogP contribution in [-0.4, -0.2) is 69.4 Å². The molecular weight excluding hydrogens is 568 g/mol. The lowest BCUT2D eigenvalue weighted by Crippen LogP contribution is -2.46. The van der Waals surface area contributed by atoms with Crippen molar-refractivity contribution in [2.24, 2.45) is 11.8 Å². The van der Waals surface area contributed by atoms with Gasteiger partial charge < -0.3 is 10.0 Å². The van der Waals surface area contributed by atoms with Gasteiger partial charge in [0.2, 0.25) is 0 Å². The normalized spacial score (nSPS) is 23.2. The number of hydrogen-bond donors (Lipinski definition) is 1. The average molecular weight is 617 g/mol. The van der Waals surface area contributed by atoms with Crippen LogP contribution in [0.3, 0.4) is 0 Å². The summed E-state index contributed by atoms with van der Waals surface area (Å²) < 4.78 is 2.21. The third-order valence-corrected chi connectivity index (χ3v) is 10.9. The molecule has 0 spiro atoms. The topological polar surface area (TPSA) is 61.6 Å². The molecule has 0 unspecified atom stereocenters. The minimum absolute atomic E-state index is 0.280. The molecule has 2 aromatic carbocycles. The van der Waals surface area contributed by atoms with E-state index in [1.165, 1.54) is 41.6 Å². The molecule has 3 aromatic rings. The molecule has 44 heavy (non-hydrogen) atoms. The first-order valence-electron chi connectivity index (χ1n) is 16.9. The summed E-state index contributed by atoms with van der Waals surface area (Å²) in [6.45, 7) is 10.2. The van der Waals surface area contributed by atoms with Crippen LogP contribution in [0.4, 0.5) is 0 Å². The highest BCUT2D eigenvalue weighted by Gasteiger charge is 2.43. The molecule has 1 aromatic heterocycles. The predicted molar refractivity (Wildman–Crippen MR) is 178 cm³/mol. The number of carbonyl (C=O) groups is 1. The van der Waals surface area contributed by atoms with Gasteiger partial charge in [-0.3, -0.25) is 14.4 Å². The molecule has 3 atom stereocenters. The number of halogens is 1. The number of aryl methyl sites for hydroxylation is 2. The maximum Gasteiger partial charge on any atom is 0.321 e. The first-order valence-corrected chi connectivity index (χ1v) is 17.3. The summed E-state index contributed by atoms with van der Waals surface area (Å²) in [6.07, 6.45) is 8.79. The van der Waals surface area contributed by atoms with Crippen molar-refractivity contribution in [3.05, 3.63) is 87.7 Å². The van der Waals surface area contributed by atoms with Crippen molar-refractivity contribution in [3.8, 4) is 0 Å². The largest absolute Gasteiger partial charge is 0.480 e. The minimum atomic E-state index is -0.621. The van der Waals surface area contributed by atoms with Gasteiger partial charge in [0.1, 0.15) is 6.04 Å². The molecule has 0 bridgehead atoms. The van der Waals surface area contributed by atoms with Crippen molar-refractivity contribution < 1.29 is 9.90 Å². The predicted octanol–water partition coefficient (Wildman–Crippen LogP) is 7.38. The van der Waals surface area contributed by atoms with E-state index >= 15 is 0 Å². The number of rotatable bonds is 10. The second-order valence-electron chi connectivity index (χ2n) is 13.7. The van der Waals surface area contributed by atoms with E-state index in [4.69, 9.17) is 16.7 Å². The monoisotopic (exact) mass is 616 g/mol. The third-order valence-electron chi connectivity index (χ3n) is 10.6. The Morgan fingerprint density at radius 3 is 2.43 bits per heavy atom. The van der Waals surface area contributed by atoms with Gasteiger partial charge in [-0.2, -0.15) is 5.10 Å². The molecule has 6 rings (SSSR count). The van der Waals surface area contributed by atoms with Gasteiger partial charge in [-0.25, -0.2) is 0 Å². The Labute approximate surface area is 268 Å². The van der Waals surface area contributed by atoms with Crippen LogP contribution in [0, 0.1) is 18.8 Å². The molecular formula is C37H49ClN4O2. The summed E-state index contributed by atoms with van der Waals surface area (Å²) in [5, 5.41) is 16.1. The minimum Gasteiger partial charge on any atom is -0.480 e. The van der Waals surface area contributed by atoms with Crippen molar-refractivity contribution in [2.75, 3.05) is 32.7 Å². The smallest absolute Gasteiger partial charge is 0.321 e. The maximum absolute atomic E-state index is 12.7. The van der Waals surface area contributed by atoms with Crippen molar-refractivity contribution in [1.82, 2.24) is 19.6 Å². The Bertz CT molecular complexity index is 1390. The number of aromatic nitrogens is 2. The van der Waals surface area contributed by atoms with Crippen LogP contribution in [0.15, 0.2) is 54.6 Å². The molecule has 236 valence electrons. The lowest BCUT2D eigenvalue weighted by molar-refractivity contribution is -0.145. The van der Waals surface area contributed by atoms with E-state index in [2.05, 4.69) is 70.8 Å². The zero-order chi connectivity index (χ0) is 30.6. The summed E-state index contributed by atoms with van der Waals surface area (Å²) in [6, 6.07) is 19.0. The number of piperidine rings is 1. The van der Waals surface area contributed by atoms with Crippen LogP contribution in [0.1, 0.15) is 91.8 Å². The molecule has 3 heterocycles. The van der Waals surface area contributed by atoms with E-state index in [1.54, 1.807) is 0 Å². The molecule has 3 aliphatic rings. The Morgan fingerprint density at radius 1 is 1.00 bits per heavy atom. The number of hydrogen-bond acceptors (Lipinski definition) is 4. The van der Waals surface area contributed by atoms with E-state index in [-0.39, 0.29) is 12.0 Å². The van der Waals surface area contributed by atoms with Crippen LogP contribution in [0.25, 0.3) is 0 Å². The highest BCUT2D eigenvalue weighted by molar-refractivity contribution is 6.30. The third kappa shape index (κ3) is 7.24. The molecule has 6 nitrogen and oxygen atoms in total. The van der Waals surface area contributed by atoms with E-state index in [9.17, 15) is 9.90 Å². The van der Waals surface area contributed by atoms with Crippen molar-refractivity contribution >= 4 is 17.6 Å². The zero-order valence-corrected chi connectivity index (χ0v) is 27.3. The van der Waals surface area contributed by atoms with Gasteiger partial charge in [0, 0.05) is 55.2 Å². The molecule has 2 saturated heterocycles. The van der Waals surface area contributed by atoms with Crippen molar-refractivity contribution in [1.29, 1.82) is 0 Å². The fourth-order valence-electron chi connectivity index (χ4n) is 8.41. The van der Waals surface area contributed by atoms with Gasteiger partial charge in [-0.1, -0.05) is 72.8 Å². The van der Waals surface area contributed by atoms with Crippen LogP contribution in [0.5, 0.6) is 0 Å². The summed E-state index contributed by atoms with van der Waals surface area (Å²) in [4.78, 5) is 17.7. The van der Waals surface area contributed by atoms with Gasteiger partial charge in [0.05, 0.1) is 5.69 Å². The maximum atomic E-state index is 12.7. The van der Waals surface area contributed by atoms with Gasteiger partial charge in [-0.15, -0.1) is 0 Å². The van der Waals surface area contributed by atoms with E-state index in [1.807, 2.05) is 12.1 Å². The molecule has 1 saturated carbocycles. The number of carboxylic acid groups (broad SMARTS) is 1. The summed E-state index contributed by atoms with van der Waals surface area (Å²) in [7, 11) is 0. The standard InChI is InChI=1S/C37H49ClN4O2/c1-3-42-35(22-33(39-42)21-27-12-14-32(38)15-13-27)28-16-18-40(19-17-28)23-31-24-41(25-34(31)30-11-7-8-26(2)20-30)36(37(43)44)29-9-5-4-6-10-29/h7-8,11-15,20,22,28-29,31,34,36H,3-6,9-10,16-19,21,23-25H2,1-2H3,(H,43,44)/t31-,34+,36+/m0/s1. The Hall–Kier alpha value is -2.67. The summed E-state index contributed by atoms with van der Waals surface area (Å²) in [5.74, 6) is 0.986. The van der Waals surface area contributed by atoms with E-state index < -0.39 is 5.97 Å². The molecule has 1 aliphatic carbocycles. The Morgan fingerprint density at radius 2 is 1.75 bits per heavy atom. The molecule has 0 radical (unpaired) electrons. The van der Waals surface area contributed by atoms with Crippen molar-refractivity contribution in [3.63, 3.8) is 0 Å². The SMILES string of the molecule is CCn1nc(Cc2ccc(Cl)cc2)cc1C1CCN(C[C@H]2CN([C@@H](C(=O)O)C3CCCCC3)C[C@@H]2c2cccc(C)c2)CC1. The Kier molecular flexibility index (Phi) is 10.1. The molecule has 0 amide bonds. The number of likely N-dealkylation sites (tertiary alicyclic amines) is 2.